The molecule has 8 heteroatoms. The first-order chi connectivity index (χ1) is 16.5. The molecule has 0 radical (unpaired) electrons. The third-order valence-electron chi connectivity index (χ3n) is 5.05. The first-order valence-corrected chi connectivity index (χ1v) is 10.4. The Morgan fingerprint density at radius 2 is 1.82 bits per heavy atom. The molecule has 0 saturated carbocycles. The van der Waals surface area contributed by atoms with E-state index in [1.807, 2.05) is 6.07 Å². The molecule has 0 unspecified atom stereocenters. The van der Waals surface area contributed by atoms with Gasteiger partial charge in [-0.3, -0.25) is 19.6 Å². The van der Waals surface area contributed by atoms with Gasteiger partial charge in [0, 0.05) is 30.1 Å². The van der Waals surface area contributed by atoms with Gasteiger partial charge in [0.05, 0.1) is 30.3 Å². The summed E-state index contributed by atoms with van der Waals surface area (Å²) >= 11 is 0. The van der Waals surface area contributed by atoms with E-state index >= 15 is 0 Å². The first kappa shape index (κ1) is 22.6. The highest BCUT2D eigenvalue weighted by molar-refractivity contribution is 6.07. The summed E-state index contributed by atoms with van der Waals surface area (Å²) in [5, 5.41) is 5.54. The third-order valence-corrected chi connectivity index (χ3v) is 5.05. The van der Waals surface area contributed by atoms with Crippen LogP contribution in [0.1, 0.15) is 26.3 Å². The van der Waals surface area contributed by atoms with Crippen LogP contribution in [0.4, 0.5) is 10.1 Å². The van der Waals surface area contributed by atoms with E-state index in [2.05, 4.69) is 20.6 Å². The second-order valence-electron chi connectivity index (χ2n) is 7.33. The van der Waals surface area contributed by atoms with E-state index < -0.39 is 5.91 Å². The van der Waals surface area contributed by atoms with Gasteiger partial charge in [0.1, 0.15) is 11.6 Å². The number of amides is 2. The van der Waals surface area contributed by atoms with Crippen molar-refractivity contribution < 1.29 is 18.7 Å². The number of pyridine rings is 2. The predicted octanol–water partition coefficient (Wildman–Crippen LogP) is 4.47. The van der Waals surface area contributed by atoms with Crippen LogP contribution in [0.5, 0.6) is 5.75 Å². The van der Waals surface area contributed by atoms with Crippen molar-refractivity contribution >= 4 is 17.5 Å². The highest BCUT2D eigenvalue weighted by atomic mass is 19.1. The molecule has 34 heavy (non-hydrogen) atoms. The van der Waals surface area contributed by atoms with Crippen LogP contribution in [0.3, 0.4) is 0 Å². The average Bonchev–Trinajstić information content (AvgIpc) is 2.88. The lowest BCUT2D eigenvalue weighted by atomic mass is 10.1. The number of hydrogen-bond acceptors (Lipinski definition) is 5. The number of methoxy groups -OCH3 is 1. The number of benzene rings is 2. The molecule has 0 fully saturated rings. The number of nitrogens with one attached hydrogen (secondary N) is 2. The van der Waals surface area contributed by atoms with Gasteiger partial charge in [-0.05, 0) is 54.1 Å². The van der Waals surface area contributed by atoms with Crippen LogP contribution in [0.15, 0.2) is 85.3 Å². The van der Waals surface area contributed by atoms with Gasteiger partial charge >= 0.3 is 0 Å². The fraction of sp³-hybridized carbons (Fsp3) is 0.0769. The summed E-state index contributed by atoms with van der Waals surface area (Å²) in [7, 11) is 1.45. The minimum atomic E-state index is -0.426. The molecular weight excluding hydrogens is 435 g/mol. The Hall–Kier alpha value is -4.59. The molecule has 0 aliphatic rings. The van der Waals surface area contributed by atoms with Crippen molar-refractivity contribution in [2.75, 3.05) is 12.4 Å². The quantitative estimate of drug-likeness (QED) is 0.428. The Labute approximate surface area is 195 Å². The summed E-state index contributed by atoms with van der Waals surface area (Å²) < 4.78 is 19.3. The molecule has 2 heterocycles. The van der Waals surface area contributed by atoms with Gasteiger partial charge in [0.2, 0.25) is 0 Å². The van der Waals surface area contributed by atoms with Crippen LogP contribution in [0, 0.1) is 5.82 Å². The molecule has 2 N–H and O–H groups in total. The van der Waals surface area contributed by atoms with E-state index in [0.717, 1.165) is 5.56 Å². The van der Waals surface area contributed by atoms with Crippen molar-refractivity contribution in [2.45, 2.75) is 6.54 Å². The second kappa shape index (κ2) is 10.4. The van der Waals surface area contributed by atoms with Gasteiger partial charge in [0.15, 0.2) is 0 Å². The highest BCUT2D eigenvalue weighted by Crippen LogP contribution is 2.23. The van der Waals surface area contributed by atoms with E-state index in [-0.39, 0.29) is 29.4 Å². The van der Waals surface area contributed by atoms with Gasteiger partial charge in [-0.2, -0.15) is 0 Å². The molecule has 0 atom stereocenters. The van der Waals surface area contributed by atoms with Gasteiger partial charge in [0.25, 0.3) is 11.8 Å². The van der Waals surface area contributed by atoms with E-state index in [1.165, 1.54) is 25.4 Å². The maximum absolute atomic E-state index is 14.0. The Kier molecular flexibility index (Phi) is 6.88. The number of halogens is 1. The molecule has 4 rings (SSSR count). The largest absolute Gasteiger partial charge is 0.496 e. The number of carbonyl (C=O) groups is 2. The minimum absolute atomic E-state index is 0.229. The monoisotopic (exact) mass is 456 g/mol. The summed E-state index contributed by atoms with van der Waals surface area (Å²) in [6, 6.07) is 17.8. The molecule has 4 aromatic rings. The molecule has 170 valence electrons. The van der Waals surface area contributed by atoms with Crippen LogP contribution in [-0.2, 0) is 6.54 Å². The third kappa shape index (κ3) is 5.24. The average molecular weight is 456 g/mol. The number of anilines is 1. The topological polar surface area (TPSA) is 93.2 Å². The summed E-state index contributed by atoms with van der Waals surface area (Å²) in [6.07, 6.45) is 4.76. The lowest BCUT2D eigenvalue weighted by Gasteiger charge is -2.12. The Balaban J connectivity index is 1.47. The zero-order valence-electron chi connectivity index (χ0n) is 18.3. The van der Waals surface area contributed by atoms with E-state index in [0.29, 0.717) is 22.7 Å². The SMILES string of the molecule is COc1ccc(C(=O)Nc2ccc(-c3ccccc3F)nc2)cc1C(=O)NCc1cccnc1. The second-order valence-corrected chi connectivity index (χ2v) is 7.33. The van der Waals surface area contributed by atoms with Gasteiger partial charge < -0.3 is 15.4 Å². The maximum atomic E-state index is 14.0. The summed E-state index contributed by atoms with van der Waals surface area (Å²) in [5.74, 6) is -0.842. The molecule has 0 aliphatic carbocycles. The van der Waals surface area contributed by atoms with Gasteiger partial charge in [-0.1, -0.05) is 18.2 Å². The van der Waals surface area contributed by atoms with Gasteiger partial charge in [-0.15, -0.1) is 0 Å². The minimum Gasteiger partial charge on any atom is -0.496 e. The lowest BCUT2D eigenvalue weighted by Crippen LogP contribution is -2.24. The fourth-order valence-electron chi connectivity index (χ4n) is 3.31. The van der Waals surface area contributed by atoms with Crippen molar-refractivity contribution in [3.05, 3.63) is 108 Å². The summed E-state index contributed by atoms with van der Waals surface area (Å²) in [4.78, 5) is 33.8. The smallest absolute Gasteiger partial charge is 0.255 e. The Morgan fingerprint density at radius 3 is 2.53 bits per heavy atom. The maximum Gasteiger partial charge on any atom is 0.255 e. The molecule has 0 bridgehead atoms. The van der Waals surface area contributed by atoms with Crippen LogP contribution in [0.25, 0.3) is 11.3 Å². The molecule has 2 aromatic carbocycles. The zero-order valence-corrected chi connectivity index (χ0v) is 18.3. The molecule has 0 saturated heterocycles. The zero-order chi connectivity index (χ0) is 23.9. The normalized spacial score (nSPS) is 10.4. The van der Waals surface area contributed by atoms with E-state index in [9.17, 15) is 14.0 Å². The Morgan fingerprint density at radius 1 is 0.971 bits per heavy atom. The van der Waals surface area contributed by atoms with E-state index in [4.69, 9.17) is 4.74 Å². The van der Waals surface area contributed by atoms with Crippen LogP contribution < -0.4 is 15.4 Å². The first-order valence-electron chi connectivity index (χ1n) is 10.4. The molecular formula is C26H21FN4O3. The molecule has 7 nitrogen and oxygen atoms in total. The number of aromatic nitrogens is 2. The van der Waals surface area contributed by atoms with Crippen molar-refractivity contribution in [1.82, 2.24) is 15.3 Å². The summed E-state index contributed by atoms with van der Waals surface area (Å²) in [5.41, 5.74) is 2.60. The molecule has 2 aromatic heterocycles. The molecule has 0 spiro atoms. The molecule has 0 aliphatic heterocycles. The van der Waals surface area contributed by atoms with Crippen molar-refractivity contribution in [3.63, 3.8) is 0 Å². The predicted molar refractivity (Wildman–Crippen MR) is 126 cm³/mol. The number of carbonyl (C=O) groups excluding carboxylic acids is 2. The van der Waals surface area contributed by atoms with Crippen molar-refractivity contribution in [2.24, 2.45) is 0 Å². The van der Waals surface area contributed by atoms with Crippen molar-refractivity contribution in [1.29, 1.82) is 0 Å². The highest BCUT2D eigenvalue weighted by Gasteiger charge is 2.16. The molecule has 2 amide bonds. The number of rotatable bonds is 7. The Bertz CT molecular complexity index is 1310. The van der Waals surface area contributed by atoms with Crippen LogP contribution in [0.2, 0.25) is 0 Å². The number of nitrogens with zero attached hydrogens (tertiary/aromatic N) is 2. The number of ether oxygens (including phenoxy) is 1. The summed E-state index contributed by atoms with van der Waals surface area (Å²) in [6.45, 7) is 0.284. The van der Waals surface area contributed by atoms with Crippen LogP contribution >= 0.6 is 0 Å². The van der Waals surface area contributed by atoms with Crippen LogP contribution in [-0.4, -0.2) is 28.9 Å². The fourth-order valence-corrected chi connectivity index (χ4v) is 3.31. The van der Waals surface area contributed by atoms with Crippen molar-refractivity contribution in [3.8, 4) is 17.0 Å². The standard InChI is InChI=1S/C26H21FN4O3/c1-34-24-11-8-18(13-21(24)26(33)30-15-17-5-4-12-28-14-17)25(32)31-19-9-10-23(29-16-19)20-6-2-3-7-22(20)27/h2-14,16H,15H2,1H3,(H,30,33)(H,31,32). The lowest BCUT2D eigenvalue weighted by molar-refractivity contribution is 0.0948. The number of hydrogen-bond donors (Lipinski definition) is 2. The van der Waals surface area contributed by atoms with Gasteiger partial charge in [-0.25, -0.2) is 4.39 Å². The van der Waals surface area contributed by atoms with E-state index in [1.54, 1.807) is 60.9 Å².